The highest BCUT2D eigenvalue weighted by atomic mass is 15.2. The summed E-state index contributed by atoms with van der Waals surface area (Å²) in [6.07, 6.45) is 1.74. The Labute approximate surface area is 101 Å². The molecule has 2 aromatic rings. The van der Waals surface area contributed by atoms with Crippen LogP contribution in [0, 0.1) is 6.92 Å². The molecule has 2 rings (SSSR count). The zero-order valence-electron chi connectivity index (χ0n) is 10.3. The second kappa shape index (κ2) is 5.48. The molecule has 0 radical (unpaired) electrons. The molecule has 2 N–H and O–H groups in total. The van der Waals surface area contributed by atoms with Gasteiger partial charge in [-0.3, -0.25) is 5.10 Å². The average molecular weight is 230 g/mol. The molecule has 1 heterocycles. The average Bonchev–Trinajstić information content (AvgIpc) is 2.77. The van der Waals surface area contributed by atoms with E-state index in [0.29, 0.717) is 0 Å². The third kappa shape index (κ3) is 3.31. The van der Waals surface area contributed by atoms with E-state index in [9.17, 15) is 0 Å². The maximum absolute atomic E-state index is 4.37. The van der Waals surface area contributed by atoms with Gasteiger partial charge in [0.2, 0.25) is 0 Å². The Morgan fingerprint density at radius 3 is 2.94 bits per heavy atom. The number of anilines is 1. The molecule has 0 atom stereocenters. The Bertz CT molecular complexity index is 476. The fourth-order valence-corrected chi connectivity index (χ4v) is 1.69. The van der Waals surface area contributed by atoms with E-state index in [4.69, 9.17) is 0 Å². The summed E-state index contributed by atoms with van der Waals surface area (Å²) in [5, 5.41) is 10.4. The van der Waals surface area contributed by atoms with Crippen LogP contribution in [0.2, 0.25) is 0 Å². The van der Waals surface area contributed by atoms with Crippen molar-refractivity contribution in [2.45, 2.75) is 26.7 Å². The Kier molecular flexibility index (Phi) is 3.75. The van der Waals surface area contributed by atoms with Crippen LogP contribution < -0.4 is 5.32 Å². The molecule has 0 amide bonds. The second-order valence-electron chi connectivity index (χ2n) is 4.10. The lowest BCUT2D eigenvalue weighted by Crippen LogP contribution is -2.06. The van der Waals surface area contributed by atoms with E-state index < -0.39 is 0 Å². The van der Waals surface area contributed by atoms with Gasteiger partial charge in [0.05, 0.1) is 0 Å². The van der Waals surface area contributed by atoms with E-state index in [0.717, 1.165) is 36.7 Å². The van der Waals surface area contributed by atoms with Crippen molar-refractivity contribution < 1.29 is 0 Å². The SMILES string of the molecule is CCc1n[nH]c(CCNc2cccc(C)c2)n1. The Balaban J connectivity index is 1.83. The molecule has 0 aliphatic rings. The van der Waals surface area contributed by atoms with Gasteiger partial charge >= 0.3 is 0 Å². The van der Waals surface area contributed by atoms with Gasteiger partial charge in [0.25, 0.3) is 0 Å². The van der Waals surface area contributed by atoms with E-state index >= 15 is 0 Å². The predicted octanol–water partition coefficient (Wildman–Crippen LogP) is 2.33. The molecule has 0 bridgehead atoms. The van der Waals surface area contributed by atoms with Gasteiger partial charge in [-0.1, -0.05) is 19.1 Å². The minimum atomic E-state index is 0.862. The lowest BCUT2D eigenvalue weighted by Gasteiger charge is -2.05. The van der Waals surface area contributed by atoms with Gasteiger partial charge in [0.15, 0.2) is 0 Å². The van der Waals surface area contributed by atoms with Crippen LogP contribution in [0.3, 0.4) is 0 Å². The van der Waals surface area contributed by atoms with Crippen molar-refractivity contribution in [2.75, 3.05) is 11.9 Å². The summed E-state index contributed by atoms with van der Waals surface area (Å²) in [6.45, 7) is 5.01. The molecule has 90 valence electrons. The van der Waals surface area contributed by atoms with Crippen LogP contribution in [0.1, 0.15) is 24.1 Å². The molecule has 4 nitrogen and oxygen atoms in total. The second-order valence-corrected chi connectivity index (χ2v) is 4.10. The Morgan fingerprint density at radius 2 is 2.24 bits per heavy atom. The van der Waals surface area contributed by atoms with E-state index in [1.807, 2.05) is 0 Å². The molecule has 17 heavy (non-hydrogen) atoms. The van der Waals surface area contributed by atoms with Crippen molar-refractivity contribution in [1.29, 1.82) is 0 Å². The maximum atomic E-state index is 4.37. The summed E-state index contributed by atoms with van der Waals surface area (Å²) in [5.74, 6) is 1.83. The number of H-pyrrole nitrogens is 1. The van der Waals surface area contributed by atoms with Crippen LogP contribution in [0.25, 0.3) is 0 Å². The van der Waals surface area contributed by atoms with Gasteiger partial charge < -0.3 is 5.32 Å². The summed E-state index contributed by atoms with van der Waals surface area (Å²) in [6, 6.07) is 8.36. The molecule has 0 saturated carbocycles. The van der Waals surface area contributed by atoms with Crippen LogP contribution in [0.4, 0.5) is 5.69 Å². The number of aryl methyl sites for hydroxylation is 2. The minimum Gasteiger partial charge on any atom is -0.385 e. The van der Waals surface area contributed by atoms with Crippen LogP contribution in [0.5, 0.6) is 0 Å². The van der Waals surface area contributed by atoms with Crippen LogP contribution in [-0.2, 0) is 12.8 Å². The highest BCUT2D eigenvalue weighted by Crippen LogP contribution is 2.09. The summed E-state index contributed by atoms with van der Waals surface area (Å²) in [4.78, 5) is 4.37. The third-order valence-corrected chi connectivity index (χ3v) is 2.60. The van der Waals surface area contributed by atoms with Crippen molar-refractivity contribution in [2.24, 2.45) is 0 Å². The number of aromatic nitrogens is 3. The first-order valence-electron chi connectivity index (χ1n) is 5.98. The van der Waals surface area contributed by atoms with Gasteiger partial charge in [0.1, 0.15) is 11.6 Å². The lowest BCUT2D eigenvalue weighted by molar-refractivity contribution is 0.901. The fourth-order valence-electron chi connectivity index (χ4n) is 1.69. The smallest absolute Gasteiger partial charge is 0.150 e. The maximum Gasteiger partial charge on any atom is 0.150 e. The fraction of sp³-hybridized carbons (Fsp3) is 0.385. The van der Waals surface area contributed by atoms with Gasteiger partial charge in [-0.2, -0.15) is 5.10 Å². The summed E-state index contributed by atoms with van der Waals surface area (Å²) < 4.78 is 0. The molecule has 0 fully saturated rings. The van der Waals surface area contributed by atoms with Crippen molar-refractivity contribution in [3.63, 3.8) is 0 Å². The van der Waals surface area contributed by atoms with Gasteiger partial charge in [-0.05, 0) is 24.6 Å². The molecule has 4 heteroatoms. The number of rotatable bonds is 5. The first kappa shape index (κ1) is 11.6. The lowest BCUT2D eigenvalue weighted by atomic mass is 10.2. The van der Waals surface area contributed by atoms with Gasteiger partial charge in [0, 0.05) is 25.1 Å². The molecular weight excluding hydrogens is 212 g/mol. The molecule has 1 aromatic heterocycles. The predicted molar refractivity (Wildman–Crippen MR) is 69.1 cm³/mol. The molecular formula is C13H18N4. The molecule has 0 aliphatic heterocycles. The number of aromatic amines is 1. The highest BCUT2D eigenvalue weighted by Gasteiger charge is 2.00. The third-order valence-electron chi connectivity index (χ3n) is 2.60. The zero-order chi connectivity index (χ0) is 12.1. The van der Waals surface area contributed by atoms with E-state index in [1.54, 1.807) is 0 Å². The van der Waals surface area contributed by atoms with Crippen molar-refractivity contribution >= 4 is 5.69 Å². The number of benzene rings is 1. The highest BCUT2D eigenvalue weighted by molar-refractivity contribution is 5.45. The molecule has 0 unspecified atom stereocenters. The van der Waals surface area contributed by atoms with Gasteiger partial charge in [-0.15, -0.1) is 0 Å². The van der Waals surface area contributed by atoms with Crippen LogP contribution in [0.15, 0.2) is 24.3 Å². The molecule has 0 saturated heterocycles. The first-order chi connectivity index (χ1) is 8.28. The van der Waals surface area contributed by atoms with E-state index in [1.165, 1.54) is 5.56 Å². The van der Waals surface area contributed by atoms with Crippen molar-refractivity contribution in [1.82, 2.24) is 15.2 Å². The summed E-state index contributed by atoms with van der Waals surface area (Å²) in [7, 11) is 0. The summed E-state index contributed by atoms with van der Waals surface area (Å²) in [5.41, 5.74) is 2.42. The van der Waals surface area contributed by atoms with Crippen LogP contribution >= 0.6 is 0 Å². The van der Waals surface area contributed by atoms with Crippen molar-refractivity contribution in [3.05, 3.63) is 41.5 Å². The quantitative estimate of drug-likeness (QED) is 0.829. The largest absolute Gasteiger partial charge is 0.385 e. The van der Waals surface area contributed by atoms with E-state index in [2.05, 4.69) is 58.6 Å². The van der Waals surface area contributed by atoms with Crippen molar-refractivity contribution in [3.8, 4) is 0 Å². The zero-order valence-corrected chi connectivity index (χ0v) is 10.3. The Hall–Kier alpha value is -1.84. The monoisotopic (exact) mass is 230 g/mol. The normalized spacial score (nSPS) is 10.5. The van der Waals surface area contributed by atoms with Gasteiger partial charge in [-0.25, -0.2) is 4.98 Å². The minimum absolute atomic E-state index is 0.862. The number of hydrogen-bond acceptors (Lipinski definition) is 3. The number of hydrogen-bond donors (Lipinski definition) is 2. The molecule has 0 spiro atoms. The number of nitrogens with zero attached hydrogens (tertiary/aromatic N) is 2. The standard InChI is InChI=1S/C13H18N4/c1-3-12-15-13(17-16-12)7-8-14-11-6-4-5-10(2)9-11/h4-6,9,14H,3,7-8H2,1-2H3,(H,15,16,17). The Morgan fingerprint density at radius 1 is 1.35 bits per heavy atom. The molecule has 0 aliphatic carbocycles. The number of nitrogens with one attached hydrogen (secondary N) is 2. The van der Waals surface area contributed by atoms with Crippen LogP contribution in [-0.4, -0.2) is 21.7 Å². The topological polar surface area (TPSA) is 53.6 Å². The molecule has 1 aromatic carbocycles. The summed E-state index contributed by atoms with van der Waals surface area (Å²) >= 11 is 0. The first-order valence-corrected chi connectivity index (χ1v) is 5.98. The van der Waals surface area contributed by atoms with E-state index in [-0.39, 0.29) is 0 Å².